The topological polar surface area (TPSA) is 12.0 Å². The number of rotatable bonds is 3. The lowest BCUT2D eigenvalue weighted by molar-refractivity contribution is 0.354. The van der Waals surface area contributed by atoms with Crippen molar-refractivity contribution in [3.8, 4) is 0 Å². The van der Waals surface area contributed by atoms with Crippen LogP contribution in [0, 0.1) is 0 Å². The third-order valence-corrected chi connectivity index (χ3v) is 3.30. The number of hydrogen-bond donors (Lipinski definition) is 1. The van der Waals surface area contributed by atoms with Gasteiger partial charge in [-0.3, -0.25) is 0 Å². The highest BCUT2D eigenvalue weighted by Gasteiger charge is 2.23. The van der Waals surface area contributed by atoms with Gasteiger partial charge in [-0.05, 0) is 23.7 Å². The molecule has 0 aliphatic heterocycles. The Morgan fingerprint density at radius 1 is 1.00 bits per heavy atom. The molecular weight excluding hydrogens is 192 g/mol. The first-order valence-electron chi connectivity index (χ1n) is 6.09. The van der Waals surface area contributed by atoms with Crippen LogP contribution in [0.5, 0.6) is 0 Å². The van der Waals surface area contributed by atoms with E-state index in [1.54, 1.807) is 0 Å². The van der Waals surface area contributed by atoms with Gasteiger partial charge in [0.25, 0.3) is 0 Å². The van der Waals surface area contributed by atoms with Crippen molar-refractivity contribution >= 4 is 15.7 Å². The van der Waals surface area contributed by atoms with Crippen molar-refractivity contribution in [2.24, 2.45) is 0 Å². The van der Waals surface area contributed by atoms with E-state index in [1.165, 1.54) is 32.1 Å². The summed E-state index contributed by atoms with van der Waals surface area (Å²) in [4.78, 5) is 0. The van der Waals surface area contributed by atoms with E-state index in [2.05, 4.69) is 5.32 Å². The maximum Gasteiger partial charge on any atom is 0.0884 e. The molecule has 0 amide bonds. The largest absolute Gasteiger partial charge is 0.321 e. The summed E-state index contributed by atoms with van der Waals surface area (Å²) in [7, 11) is 12.3. The molecule has 0 heterocycles. The molecule has 4 radical (unpaired) electrons. The van der Waals surface area contributed by atoms with Crippen molar-refractivity contribution in [1.29, 1.82) is 0 Å². The Morgan fingerprint density at radius 2 is 1.62 bits per heavy atom. The fourth-order valence-electron chi connectivity index (χ4n) is 2.38. The molecule has 1 aliphatic rings. The van der Waals surface area contributed by atoms with Crippen LogP contribution in [0.25, 0.3) is 0 Å². The van der Waals surface area contributed by atoms with Crippen LogP contribution in [0.4, 0.5) is 0 Å². The van der Waals surface area contributed by atoms with Gasteiger partial charge in [-0.15, -0.1) is 0 Å². The van der Waals surface area contributed by atoms with Gasteiger partial charge in [0, 0.05) is 6.04 Å². The van der Waals surface area contributed by atoms with Gasteiger partial charge in [-0.1, -0.05) is 49.6 Å². The van der Waals surface area contributed by atoms with Gasteiger partial charge in [-0.2, -0.15) is 0 Å². The lowest BCUT2D eigenvalue weighted by Crippen LogP contribution is -2.49. The summed E-state index contributed by atoms with van der Waals surface area (Å²) in [6.45, 7) is 0. The summed E-state index contributed by atoms with van der Waals surface area (Å²) >= 11 is 0. The SMILES string of the molecule is [B]C([B])(NC1CCCCC1)c1ccccc1. The zero-order valence-electron chi connectivity index (χ0n) is 9.65. The molecule has 1 aromatic carbocycles. The van der Waals surface area contributed by atoms with Crippen molar-refractivity contribution in [2.45, 2.75) is 43.5 Å². The summed E-state index contributed by atoms with van der Waals surface area (Å²) < 4.78 is 0. The highest BCUT2D eigenvalue weighted by Crippen LogP contribution is 2.22. The average molecular weight is 209 g/mol. The molecule has 80 valence electrons. The van der Waals surface area contributed by atoms with Gasteiger partial charge in [0.05, 0.1) is 15.7 Å². The first-order chi connectivity index (χ1) is 7.68. The first-order valence-corrected chi connectivity index (χ1v) is 6.09. The molecule has 1 N–H and O–H groups in total. The second kappa shape index (κ2) is 5.09. The van der Waals surface area contributed by atoms with Crippen LogP contribution in [-0.2, 0) is 5.34 Å². The fourth-order valence-corrected chi connectivity index (χ4v) is 2.38. The number of nitrogens with one attached hydrogen (secondary N) is 1. The van der Waals surface area contributed by atoms with Crippen LogP contribution in [0.1, 0.15) is 37.7 Å². The minimum absolute atomic E-state index is 0.462. The van der Waals surface area contributed by atoms with Crippen LogP contribution in [0.3, 0.4) is 0 Å². The zero-order valence-corrected chi connectivity index (χ0v) is 9.65. The van der Waals surface area contributed by atoms with Crippen LogP contribution in [-0.4, -0.2) is 21.7 Å². The third-order valence-electron chi connectivity index (χ3n) is 3.30. The maximum absolute atomic E-state index is 6.14. The van der Waals surface area contributed by atoms with Gasteiger partial charge in [0.2, 0.25) is 0 Å². The molecule has 0 aromatic heterocycles. The molecule has 1 aliphatic carbocycles. The summed E-state index contributed by atoms with van der Waals surface area (Å²) in [5, 5.41) is 2.47. The minimum Gasteiger partial charge on any atom is -0.321 e. The molecular formula is C13H17B2N. The second-order valence-corrected chi connectivity index (χ2v) is 4.71. The molecule has 1 nitrogen and oxygen atoms in total. The van der Waals surface area contributed by atoms with Gasteiger partial charge in [0.1, 0.15) is 0 Å². The van der Waals surface area contributed by atoms with Gasteiger partial charge in [-0.25, -0.2) is 0 Å². The zero-order chi connectivity index (χ0) is 11.4. The Morgan fingerprint density at radius 3 is 2.25 bits per heavy atom. The predicted molar refractivity (Wildman–Crippen MR) is 69.6 cm³/mol. The molecule has 1 aromatic rings. The molecule has 16 heavy (non-hydrogen) atoms. The van der Waals surface area contributed by atoms with Gasteiger partial charge >= 0.3 is 0 Å². The smallest absolute Gasteiger partial charge is 0.0884 e. The van der Waals surface area contributed by atoms with E-state index in [0.717, 1.165) is 5.56 Å². The van der Waals surface area contributed by atoms with Crippen molar-refractivity contribution in [2.75, 3.05) is 0 Å². The van der Waals surface area contributed by atoms with Crippen molar-refractivity contribution < 1.29 is 0 Å². The summed E-state index contributed by atoms with van der Waals surface area (Å²) in [5.41, 5.74) is 0.945. The molecule has 0 spiro atoms. The Hall–Kier alpha value is -0.690. The van der Waals surface area contributed by atoms with Crippen molar-refractivity contribution in [3.05, 3.63) is 35.9 Å². The molecule has 0 unspecified atom stereocenters. The highest BCUT2D eigenvalue weighted by atomic mass is 15.0. The lowest BCUT2D eigenvalue weighted by atomic mass is 9.57. The molecule has 0 bridgehead atoms. The molecule has 3 heteroatoms. The molecule has 1 fully saturated rings. The van der Waals surface area contributed by atoms with Crippen molar-refractivity contribution in [1.82, 2.24) is 5.32 Å². The van der Waals surface area contributed by atoms with E-state index in [0.29, 0.717) is 6.04 Å². The van der Waals surface area contributed by atoms with E-state index in [4.69, 9.17) is 15.7 Å². The lowest BCUT2D eigenvalue weighted by Gasteiger charge is -2.35. The van der Waals surface area contributed by atoms with E-state index >= 15 is 0 Å². The Balaban J connectivity index is 2.01. The normalized spacial score (nSPS) is 18.5. The van der Waals surface area contributed by atoms with Crippen LogP contribution in [0.2, 0.25) is 0 Å². The predicted octanol–water partition coefficient (Wildman–Crippen LogP) is 2.06. The third kappa shape index (κ3) is 2.91. The summed E-state index contributed by atoms with van der Waals surface area (Å²) in [5.74, 6) is 0. The van der Waals surface area contributed by atoms with E-state index in [1.807, 2.05) is 30.3 Å². The fraction of sp³-hybridized carbons (Fsp3) is 0.538. The summed E-state index contributed by atoms with van der Waals surface area (Å²) in [6.07, 6.45) is 6.27. The number of benzene rings is 1. The minimum atomic E-state index is -0.900. The Labute approximate surface area is 101 Å². The van der Waals surface area contributed by atoms with Crippen molar-refractivity contribution in [3.63, 3.8) is 0 Å². The molecule has 2 rings (SSSR count). The molecule has 0 atom stereocenters. The van der Waals surface area contributed by atoms with Gasteiger partial charge in [0.15, 0.2) is 0 Å². The maximum atomic E-state index is 6.14. The monoisotopic (exact) mass is 209 g/mol. The first kappa shape index (κ1) is 11.8. The van der Waals surface area contributed by atoms with E-state index in [-0.39, 0.29) is 0 Å². The highest BCUT2D eigenvalue weighted by molar-refractivity contribution is 6.39. The van der Waals surface area contributed by atoms with Crippen LogP contribution < -0.4 is 5.32 Å². The van der Waals surface area contributed by atoms with E-state index < -0.39 is 5.34 Å². The van der Waals surface area contributed by atoms with Gasteiger partial charge < -0.3 is 5.32 Å². The Bertz CT molecular complexity index is 318. The van der Waals surface area contributed by atoms with Crippen LogP contribution >= 0.6 is 0 Å². The van der Waals surface area contributed by atoms with Crippen LogP contribution in [0.15, 0.2) is 30.3 Å². The standard InChI is InChI=1S/C13H17B2N/c14-13(15,11-7-3-1-4-8-11)16-12-9-5-2-6-10-12/h1,3-4,7-8,12,16H,2,5-6,9-10H2. The Kier molecular flexibility index (Phi) is 3.75. The summed E-state index contributed by atoms with van der Waals surface area (Å²) in [6, 6.07) is 10.3. The number of hydrogen-bond acceptors (Lipinski definition) is 1. The van der Waals surface area contributed by atoms with E-state index in [9.17, 15) is 0 Å². The average Bonchev–Trinajstić information content (AvgIpc) is 2.31. The molecule has 0 saturated heterocycles. The second-order valence-electron chi connectivity index (χ2n) is 4.71. The molecule has 1 saturated carbocycles. The quantitative estimate of drug-likeness (QED) is 0.751.